The smallest absolute Gasteiger partial charge is 0.241 e. The minimum absolute atomic E-state index is 0.0297. The zero-order valence-corrected chi connectivity index (χ0v) is 17.2. The number of nitrogens with one attached hydrogen (secondary N) is 2. The van der Waals surface area contributed by atoms with Crippen LogP contribution < -0.4 is 10.0 Å². The molecule has 0 aliphatic heterocycles. The van der Waals surface area contributed by atoms with E-state index in [1.165, 1.54) is 12.1 Å². The lowest BCUT2D eigenvalue weighted by molar-refractivity contribution is -0.123. The van der Waals surface area contributed by atoms with Gasteiger partial charge in [0, 0.05) is 10.5 Å². The first kappa shape index (κ1) is 20.6. The van der Waals surface area contributed by atoms with E-state index in [2.05, 4.69) is 26.0 Å². The molecule has 26 heavy (non-hydrogen) atoms. The summed E-state index contributed by atoms with van der Waals surface area (Å²) in [6.07, 6.45) is 1.04. The van der Waals surface area contributed by atoms with Gasteiger partial charge in [0.1, 0.15) is 6.04 Å². The second kappa shape index (κ2) is 9.30. The number of carbonyl (C=O) groups is 1. The molecule has 140 valence electrons. The molecule has 0 aliphatic carbocycles. The van der Waals surface area contributed by atoms with Crippen LogP contribution in [0, 0.1) is 0 Å². The lowest BCUT2D eigenvalue weighted by atomic mass is 10.1. The minimum atomic E-state index is -3.82. The number of carbonyl (C=O) groups excluding carboxylic acids is 1. The van der Waals surface area contributed by atoms with Crippen molar-refractivity contribution >= 4 is 31.9 Å². The van der Waals surface area contributed by atoms with E-state index in [0.29, 0.717) is 0 Å². The molecule has 0 aromatic heterocycles. The van der Waals surface area contributed by atoms with Crippen molar-refractivity contribution in [1.29, 1.82) is 0 Å². The Morgan fingerprint density at radius 3 is 2.27 bits per heavy atom. The second-order valence-corrected chi connectivity index (χ2v) is 8.77. The summed E-state index contributed by atoms with van der Waals surface area (Å²) in [4.78, 5) is 12.8. The Bertz CT molecular complexity index is 824. The lowest BCUT2D eigenvalue weighted by Gasteiger charge is -2.21. The van der Waals surface area contributed by atoms with Crippen LogP contribution in [0.3, 0.4) is 0 Å². The largest absolute Gasteiger partial charge is 0.352 e. The van der Waals surface area contributed by atoms with Crippen LogP contribution in [0.5, 0.6) is 0 Å². The van der Waals surface area contributed by atoms with Crippen molar-refractivity contribution in [2.45, 2.75) is 43.7 Å². The van der Waals surface area contributed by atoms with Crippen LogP contribution in [-0.2, 0) is 21.2 Å². The maximum atomic E-state index is 12.7. The zero-order valence-electron chi connectivity index (χ0n) is 14.8. The van der Waals surface area contributed by atoms with E-state index in [-0.39, 0.29) is 23.3 Å². The van der Waals surface area contributed by atoms with E-state index in [1.54, 1.807) is 12.1 Å². The number of hydrogen-bond acceptors (Lipinski definition) is 3. The highest BCUT2D eigenvalue weighted by atomic mass is 79.9. The summed E-state index contributed by atoms with van der Waals surface area (Å²) >= 11 is 3.29. The fourth-order valence-corrected chi connectivity index (χ4v) is 3.81. The first-order valence-corrected chi connectivity index (χ1v) is 10.7. The third kappa shape index (κ3) is 5.93. The van der Waals surface area contributed by atoms with Gasteiger partial charge in [-0.05, 0) is 49.6 Å². The van der Waals surface area contributed by atoms with Crippen LogP contribution in [0.4, 0.5) is 0 Å². The van der Waals surface area contributed by atoms with Gasteiger partial charge in [-0.25, -0.2) is 8.42 Å². The molecule has 2 rings (SSSR count). The van der Waals surface area contributed by atoms with Crippen molar-refractivity contribution in [2.24, 2.45) is 0 Å². The van der Waals surface area contributed by atoms with Gasteiger partial charge in [-0.1, -0.05) is 53.2 Å². The quantitative estimate of drug-likeness (QED) is 0.663. The molecule has 2 N–H and O–H groups in total. The van der Waals surface area contributed by atoms with E-state index < -0.39 is 16.1 Å². The molecule has 2 atom stereocenters. The van der Waals surface area contributed by atoms with Gasteiger partial charge in [-0.3, -0.25) is 4.79 Å². The standard InChI is InChI=1S/C19H23BrN2O3S/c1-3-14(2)21-19(23)18(13-15-7-5-4-6-8-15)22-26(24,25)17-11-9-16(20)10-12-17/h4-12,14,18,22H,3,13H2,1-2H3,(H,21,23)/t14-,18+/m0/s1. The van der Waals surface area contributed by atoms with E-state index >= 15 is 0 Å². The van der Waals surface area contributed by atoms with Crippen LogP contribution in [-0.4, -0.2) is 26.4 Å². The van der Waals surface area contributed by atoms with Crippen molar-refractivity contribution in [3.8, 4) is 0 Å². The summed E-state index contributed by atoms with van der Waals surface area (Å²) in [6, 6.07) is 14.7. The summed E-state index contributed by atoms with van der Waals surface area (Å²) in [5, 5.41) is 2.86. The van der Waals surface area contributed by atoms with Crippen LogP contribution >= 0.6 is 15.9 Å². The first-order chi connectivity index (χ1) is 12.3. The van der Waals surface area contributed by atoms with Crippen molar-refractivity contribution < 1.29 is 13.2 Å². The van der Waals surface area contributed by atoms with Crippen molar-refractivity contribution in [2.75, 3.05) is 0 Å². The predicted molar refractivity (Wildman–Crippen MR) is 106 cm³/mol. The monoisotopic (exact) mass is 438 g/mol. The number of hydrogen-bond donors (Lipinski definition) is 2. The van der Waals surface area contributed by atoms with E-state index in [9.17, 15) is 13.2 Å². The number of sulfonamides is 1. The highest BCUT2D eigenvalue weighted by Crippen LogP contribution is 2.16. The maximum absolute atomic E-state index is 12.7. The first-order valence-electron chi connectivity index (χ1n) is 8.44. The van der Waals surface area contributed by atoms with Crippen LogP contribution in [0.15, 0.2) is 64.0 Å². The normalized spacial score (nSPS) is 13.8. The summed E-state index contributed by atoms with van der Waals surface area (Å²) in [5.41, 5.74) is 0.885. The zero-order chi connectivity index (χ0) is 19.2. The Hall–Kier alpha value is -1.70. The molecule has 0 aliphatic rings. The number of amides is 1. The average molecular weight is 439 g/mol. The molecule has 0 saturated carbocycles. The van der Waals surface area contributed by atoms with Gasteiger partial charge >= 0.3 is 0 Å². The minimum Gasteiger partial charge on any atom is -0.352 e. The molecule has 0 fully saturated rings. The maximum Gasteiger partial charge on any atom is 0.241 e. The molecule has 5 nitrogen and oxygen atoms in total. The number of benzene rings is 2. The van der Waals surface area contributed by atoms with E-state index in [0.717, 1.165) is 16.5 Å². The third-order valence-electron chi connectivity index (χ3n) is 4.02. The van der Waals surface area contributed by atoms with E-state index in [1.807, 2.05) is 44.2 Å². The summed E-state index contributed by atoms with van der Waals surface area (Å²) in [5.74, 6) is -0.330. The molecule has 0 saturated heterocycles. The van der Waals surface area contributed by atoms with Crippen molar-refractivity contribution in [1.82, 2.24) is 10.0 Å². The van der Waals surface area contributed by atoms with E-state index in [4.69, 9.17) is 0 Å². The number of rotatable bonds is 8. The molecular weight excluding hydrogens is 416 g/mol. The van der Waals surface area contributed by atoms with Gasteiger partial charge in [0.05, 0.1) is 4.90 Å². The van der Waals surface area contributed by atoms with Crippen LogP contribution in [0.25, 0.3) is 0 Å². The SMILES string of the molecule is CC[C@H](C)NC(=O)[C@@H](Cc1ccccc1)NS(=O)(=O)c1ccc(Br)cc1. The van der Waals surface area contributed by atoms with Crippen LogP contribution in [0.1, 0.15) is 25.8 Å². The van der Waals surface area contributed by atoms with Gasteiger partial charge in [-0.15, -0.1) is 0 Å². The Kier molecular flexibility index (Phi) is 7.37. The summed E-state index contributed by atoms with van der Waals surface area (Å²) < 4.78 is 28.7. The highest BCUT2D eigenvalue weighted by Gasteiger charge is 2.26. The van der Waals surface area contributed by atoms with Crippen molar-refractivity contribution in [3.05, 3.63) is 64.6 Å². The van der Waals surface area contributed by atoms with Crippen LogP contribution in [0.2, 0.25) is 0 Å². The Morgan fingerprint density at radius 1 is 1.08 bits per heavy atom. The second-order valence-electron chi connectivity index (χ2n) is 6.14. The fraction of sp³-hybridized carbons (Fsp3) is 0.316. The van der Waals surface area contributed by atoms with Gasteiger partial charge < -0.3 is 5.32 Å². The predicted octanol–water partition coefficient (Wildman–Crippen LogP) is 3.25. The van der Waals surface area contributed by atoms with Crippen molar-refractivity contribution in [3.63, 3.8) is 0 Å². The molecule has 0 unspecified atom stereocenters. The molecular formula is C19H23BrN2O3S. The summed E-state index contributed by atoms with van der Waals surface area (Å²) in [6.45, 7) is 3.85. The Morgan fingerprint density at radius 2 is 1.69 bits per heavy atom. The molecule has 0 bridgehead atoms. The van der Waals surface area contributed by atoms with Gasteiger partial charge in [0.25, 0.3) is 0 Å². The molecule has 0 spiro atoms. The lowest BCUT2D eigenvalue weighted by Crippen LogP contribution is -2.50. The Labute approximate surface area is 163 Å². The van der Waals surface area contributed by atoms with Gasteiger partial charge in [0.15, 0.2) is 0 Å². The molecule has 1 amide bonds. The molecule has 0 radical (unpaired) electrons. The molecule has 0 heterocycles. The third-order valence-corrected chi connectivity index (χ3v) is 6.04. The molecule has 2 aromatic rings. The summed E-state index contributed by atoms with van der Waals surface area (Å²) in [7, 11) is -3.82. The highest BCUT2D eigenvalue weighted by molar-refractivity contribution is 9.10. The van der Waals surface area contributed by atoms with Gasteiger partial charge in [-0.2, -0.15) is 4.72 Å². The topological polar surface area (TPSA) is 75.3 Å². The Balaban J connectivity index is 2.24. The average Bonchev–Trinajstić information content (AvgIpc) is 2.62. The van der Waals surface area contributed by atoms with Gasteiger partial charge in [0.2, 0.25) is 15.9 Å². The molecule has 2 aromatic carbocycles. The number of halogens is 1. The fourth-order valence-electron chi connectivity index (χ4n) is 2.35. The molecule has 7 heteroatoms.